The maximum atomic E-state index is 12.6. The van der Waals surface area contributed by atoms with Gasteiger partial charge in [0.2, 0.25) is 0 Å². The van der Waals surface area contributed by atoms with Gasteiger partial charge in [-0.1, -0.05) is 6.07 Å². The van der Waals surface area contributed by atoms with E-state index in [0.29, 0.717) is 43.2 Å². The fourth-order valence-electron chi connectivity index (χ4n) is 2.54. The van der Waals surface area contributed by atoms with Crippen molar-refractivity contribution in [2.75, 3.05) is 32.2 Å². The second kappa shape index (κ2) is 10.8. The van der Waals surface area contributed by atoms with Crippen molar-refractivity contribution >= 4 is 23.2 Å². The fourth-order valence-corrected chi connectivity index (χ4v) is 2.54. The first kappa shape index (κ1) is 21.8. The number of nitro benzene ring substituents is 1. The Bertz CT molecular complexity index is 884. The van der Waals surface area contributed by atoms with Crippen LogP contribution >= 0.6 is 0 Å². The molecule has 2 N–H and O–H groups in total. The van der Waals surface area contributed by atoms with E-state index in [1.165, 1.54) is 31.4 Å². The number of rotatable bonds is 10. The molecule has 0 spiro atoms. The van der Waals surface area contributed by atoms with Gasteiger partial charge < -0.3 is 20.1 Å². The van der Waals surface area contributed by atoms with Gasteiger partial charge in [0.05, 0.1) is 12.0 Å². The lowest BCUT2D eigenvalue weighted by Gasteiger charge is -2.09. The Morgan fingerprint density at radius 2 is 1.93 bits per heavy atom. The predicted octanol–water partition coefficient (Wildman–Crippen LogP) is 3.01. The molecule has 0 saturated heterocycles. The van der Waals surface area contributed by atoms with Crippen molar-refractivity contribution in [2.24, 2.45) is 0 Å². The zero-order valence-corrected chi connectivity index (χ0v) is 16.3. The number of nitrogens with zero attached hydrogens (tertiary/aromatic N) is 1. The predicted molar refractivity (Wildman–Crippen MR) is 107 cm³/mol. The standard InChI is InChI=1S/C20H23N3O6/c1-3-29-11-5-10-21-19(24)14-6-4-7-15(12-14)22-20(25)17-13-16(28-2)8-9-18(17)23(26)27/h4,6-9,12-13H,3,5,10-11H2,1-2H3,(H,21,24)(H,22,25). The Morgan fingerprint density at radius 3 is 2.62 bits per heavy atom. The maximum Gasteiger partial charge on any atom is 0.282 e. The summed E-state index contributed by atoms with van der Waals surface area (Å²) in [4.78, 5) is 35.4. The minimum absolute atomic E-state index is 0.139. The topological polar surface area (TPSA) is 120 Å². The van der Waals surface area contributed by atoms with E-state index in [9.17, 15) is 19.7 Å². The quantitative estimate of drug-likeness (QED) is 0.359. The van der Waals surface area contributed by atoms with Crippen LogP contribution in [0.1, 0.15) is 34.1 Å². The molecule has 154 valence electrons. The summed E-state index contributed by atoms with van der Waals surface area (Å²) in [6.45, 7) is 3.55. The molecule has 0 atom stereocenters. The van der Waals surface area contributed by atoms with Gasteiger partial charge >= 0.3 is 0 Å². The van der Waals surface area contributed by atoms with E-state index < -0.39 is 10.8 Å². The second-order valence-electron chi connectivity index (χ2n) is 5.98. The van der Waals surface area contributed by atoms with Gasteiger partial charge in [0, 0.05) is 37.1 Å². The van der Waals surface area contributed by atoms with Crippen LogP contribution in [-0.4, -0.2) is 43.6 Å². The number of hydrogen-bond donors (Lipinski definition) is 2. The molecule has 2 aromatic rings. The highest BCUT2D eigenvalue weighted by Crippen LogP contribution is 2.25. The van der Waals surface area contributed by atoms with Gasteiger partial charge in [-0.3, -0.25) is 19.7 Å². The summed E-state index contributed by atoms with van der Waals surface area (Å²) in [6.07, 6.45) is 0.690. The average molecular weight is 401 g/mol. The summed E-state index contributed by atoms with van der Waals surface area (Å²) in [5.74, 6) is -0.643. The molecule has 0 unspecified atom stereocenters. The number of ether oxygens (including phenoxy) is 2. The Labute approximate surface area is 168 Å². The van der Waals surface area contributed by atoms with E-state index in [4.69, 9.17) is 9.47 Å². The third-order valence-corrected chi connectivity index (χ3v) is 3.98. The summed E-state index contributed by atoms with van der Waals surface area (Å²) in [6, 6.07) is 10.2. The van der Waals surface area contributed by atoms with Crippen molar-refractivity contribution in [3.05, 3.63) is 63.7 Å². The lowest BCUT2D eigenvalue weighted by molar-refractivity contribution is -0.385. The molecule has 0 aromatic heterocycles. The van der Waals surface area contributed by atoms with Crippen LogP contribution in [0.25, 0.3) is 0 Å². The number of hydrogen-bond acceptors (Lipinski definition) is 6. The largest absolute Gasteiger partial charge is 0.497 e. The molecule has 29 heavy (non-hydrogen) atoms. The maximum absolute atomic E-state index is 12.6. The molecule has 0 aliphatic carbocycles. The average Bonchev–Trinajstić information content (AvgIpc) is 2.73. The molecule has 9 nitrogen and oxygen atoms in total. The molecular formula is C20H23N3O6. The van der Waals surface area contributed by atoms with Gasteiger partial charge in [-0.25, -0.2) is 0 Å². The van der Waals surface area contributed by atoms with Crippen LogP contribution in [0.5, 0.6) is 5.75 Å². The van der Waals surface area contributed by atoms with Crippen LogP contribution in [-0.2, 0) is 4.74 Å². The number of carbonyl (C=O) groups is 2. The van der Waals surface area contributed by atoms with Crippen molar-refractivity contribution in [1.29, 1.82) is 0 Å². The van der Waals surface area contributed by atoms with E-state index >= 15 is 0 Å². The van der Waals surface area contributed by atoms with Crippen LogP contribution in [0.2, 0.25) is 0 Å². The number of nitrogens with one attached hydrogen (secondary N) is 2. The van der Waals surface area contributed by atoms with Crippen molar-refractivity contribution in [3.8, 4) is 5.75 Å². The molecule has 0 saturated carbocycles. The highest BCUT2D eigenvalue weighted by Gasteiger charge is 2.21. The molecule has 0 radical (unpaired) electrons. The van der Waals surface area contributed by atoms with Gasteiger partial charge in [0.1, 0.15) is 11.3 Å². The molecule has 9 heteroatoms. The smallest absolute Gasteiger partial charge is 0.282 e. The summed E-state index contributed by atoms with van der Waals surface area (Å²) < 4.78 is 10.3. The third kappa shape index (κ3) is 6.28. The zero-order valence-electron chi connectivity index (χ0n) is 16.3. The van der Waals surface area contributed by atoms with Crippen LogP contribution in [0, 0.1) is 10.1 Å². The SMILES string of the molecule is CCOCCCNC(=O)c1cccc(NC(=O)c2cc(OC)ccc2[N+](=O)[O-])c1. The summed E-state index contributed by atoms with van der Waals surface area (Å²) in [5.41, 5.74) is 0.222. The van der Waals surface area contributed by atoms with Crippen LogP contribution < -0.4 is 15.4 Å². The van der Waals surface area contributed by atoms with Gasteiger partial charge in [-0.15, -0.1) is 0 Å². The van der Waals surface area contributed by atoms with E-state index in [2.05, 4.69) is 10.6 Å². The first-order chi connectivity index (χ1) is 14.0. The third-order valence-electron chi connectivity index (χ3n) is 3.98. The molecule has 2 aromatic carbocycles. The van der Waals surface area contributed by atoms with Crippen molar-refractivity contribution in [3.63, 3.8) is 0 Å². The van der Waals surface area contributed by atoms with Crippen LogP contribution in [0.4, 0.5) is 11.4 Å². The molecular weight excluding hydrogens is 378 g/mol. The van der Waals surface area contributed by atoms with E-state index in [1.807, 2.05) is 6.92 Å². The highest BCUT2D eigenvalue weighted by molar-refractivity contribution is 6.08. The summed E-state index contributed by atoms with van der Waals surface area (Å²) in [5, 5.41) is 16.6. The molecule has 0 heterocycles. The number of methoxy groups -OCH3 is 1. The lowest BCUT2D eigenvalue weighted by atomic mass is 10.1. The zero-order chi connectivity index (χ0) is 21.2. The molecule has 2 rings (SSSR count). The Balaban J connectivity index is 2.09. The summed E-state index contributed by atoms with van der Waals surface area (Å²) in [7, 11) is 1.40. The van der Waals surface area contributed by atoms with Gasteiger partial charge in [-0.05, 0) is 43.7 Å². The number of amides is 2. The monoisotopic (exact) mass is 401 g/mol. The summed E-state index contributed by atoms with van der Waals surface area (Å²) >= 11 is 0. The molecule has 0 bridgehead atoms. The Hall–Kier alpha value is -3.46. The van der Waals surface area contributed by atoms with E-state index in [1.54, 1.807) is 18.2 Å². The Kier molecular flexibility index (Phi) is 8.11. The van der Waals surface area contributed by atoms with Gasteiger partial charge in [0.15, 0.2) is 0 Å². The lowest BCUT2D eigenvalue weighted by Crippen LogP contribution is -2.25. The minimum Gasteiger partial charge on any atom is -0.497 e. The molecule has 0 fully saturated rings. The molecule has 0 aliphatic heterocycles. The Morgan fingerprint density at radius 1 is 1.14 bits per heavy atom. The fraction of sp³-hybridized carbons (Fsp3) is 0.300. The second-order valence-corrected chi connectivity index (χ2v) is 5.98. The normalized spacial score (nSPS) is 10.3. The number of carbonyl (C=O) groups excluding carboxylic acids is 2. The first-order valence-corrected chi connectivity index (χ1v) is 9.06. The van der Waals surface area contributed by atoms with Crippen molar-refractivity contribution in [1.82, 2.24) is 5.32 Å². The van der Waals surface area contributed by atoms with Gasteiger partial charge in [-0.2, -0.15) is 0 Å². The minimum atomic E-state index is -0.676. The molecule has 0 aliphatic rings. The molecule has 2 amide bonds. The van der Waals surface area contributed by atoms with E-state index in [0.717, 1.165) is 0 Å². The van der Waals surface area contributed by atoms with E-state index in [-0.39, 0.29) is 17.2 Å². The first-order valence-electron chi connectivity index (χ1n) is 9.06. The van der Waals surface area contributed by atoms with Crippen LogP contribution in [0.15, 0.2) is 42.5 Å². The van der Waals surface area contributed by atoms with Gasteiger partial charge in [0.25, 0.3) is 17.5 Å². The highest BCUT2D eigenvalue weighted by atomic mass is 16.6. The number of anilines is 1. The number of nitro groups is 1. The van der Waals surface area contributed by atoms with Crippen LogP contribution in [0.3, 0.4) is 0 Å². The number of benzene rings is 2. The van der Waals surface area contributed by atoms with Crippen molar-refractivity contribution < 1.29 is 24.0 Å². The van der Waals surface area contributed by atoms with Crippen molar-refractivity contribution in [2.45, 2.75) is 13.3 Å².